The minimum absolute atomic E-state index is 0.632. The molecule has 0 saturated carbocycles. The van der Waals surface area contributed by atoms with Crippen LogP contribution < -0.4 is 0 Å². The number of hydrogen-bond acceptors (Lipinski definition) is 3. The van der Waals surface area contributed by atoms with E-state index >= 15 is 0 Å². The van der Waals surface area contributed by atoms with Crippen molar-refractivity contribution < 1.29 is 4.42 Å². The third-order valence-corrected chi connectivity index (χ3v) is 10.2. The van der Waals surface area contributed by atoms with Crippen molar-refractivity contribution in [2.75, 3.05) is 0 Å². The van der Waals surface area contributed by atoms with Gasteiger partial charge in [0.25, 0.3) is 0 Å². The zero-order valence-corrected chi connectivity index (χ0v) is 26.8. The number of fused-ring (bicyclic) bond motifs is 11. The molecular weight excluding hydrogens is 611 g/mol. The summed E-state index contributed by atoms with van der Waals surface area (Å²) in [5, 5.41) is 10.4. The summed E-state index contributed by atoms with van der Waals surface area (Å²) in [6.45, 7) is 0. The van der Waals surface area contributed by atoms with Crippen LogP contribution in [0.1, 0.15) is 0 Å². The normalized spacial score (nSPS) is 12.0. The SMILES string of the molecule is c1ccc(-c2nc(-n3c4ccc5ccccc5c4c4cccc(-c5cccc6c5oc5ccc7ccccc7c56)c43)nc3ccccc23)cc1. The quantitative estimate of drug-likeness (QED) is 0.194. The Bertz CT molecular complexity index is 3150. The van der Waals surface area contributed by atoms with E-state index in [1.54, 1.807) is 0 Å². The predicted octanol–water partition coefficient (Wildman–Crippen LogP) is 12.3. The highest BCUT2D eigenvalue weighted by Gasteiger charge is 2.23. The van der Waals surface area contributed by atoms with Crippen LogP contribution in [0.3, 0.4) is 0 Å². The topological polar surface area (TPSA) is 43.9 Å². The summed E-state index contributed by atoms with van der Waals surface area (Å²) < 4.78 is 9.05. The molecule has 0 aliphatic rings. The van der Waals surface area contributed by atoms with Crippen LogP contribution in [0.25, 0.3) is 105 Å². The Morgan fingerprint density at radius 3 is 1.90 bits per heavy atom. The number of para-hydroxylation sites is 3. The van der Waals surface area contributed by atoms with Crippen LogP contribution in [-0.2, 0) is 0 Å². The van der Waals surface area contributed by atoms with Crippen molar-refractivity contribution in [3.63, 3.8) is 0 Å². The van der Waals surface area contributed by atoms with Crippen molar-refractivity contribution in [3.05, 3.63) is 164 Å². The Kier molecular flexibility index (Phi) is 5.63. The van der Waals surface area contributed by atoms with Gasteiger partial charge in [0.2, 0.25) is 5.95 Å². The molecule has 0 radical (unpaired) electrons. The second kappa shape index (κ2) is 10.4. The third kappa shape index (κ3) is 3.81. The summed E-state index contributed by atoms with van der Waals surface area (Å²) in [7, 11) is 0. The number of rotatable bonds is 3. The van der Waals surface area contributed by atoms with Crippen molar-refractivity contribution >= 4 is 76.2 Å². The molecule has 0 amide bonds. The van der Waals surface area contributed by atoms with Crippen LogP contribution in [-0.4, -0.2) is 14.5 Å². The number of hydrogen-bond donors (Lipinski definition) is 0. The molecule has 0 N–H and O–H groups in total. The van der Waals surface area contributed by atoms with Crippen LogP contribution in [0, 0.1) is 0 Å². The van der Waals surface area contributed by atoms with Gasteiger partial charge in [0.1, 0.15) is 11.2 Å². The van der Waals surface area contributed by atoms with Gasteiger partial charge in [-0.25, -0.2) is 9.97 Å². The number of furan rings is 1. The Hall–Kier alpha value is -6.78. The lowest BCUT2D eigenvalue weighted by Crippen LogP contribution is -2.04. The van der Waals surface area contributed by atoms with Gasteiger partial charge in [0, 0.05) is 43.6 Å². The zero-order chi connectivity index (χ0) is 32.8. The molecule has 0 saturated heterocycles. The fraction of sp³-hybridized carbons (Fsp3) is 0. The first kappa shape index (κ1) is 27.2. The molecule has 50 heavy (non-hydrogen) atoms. The highest BCUT2D eigenvalue weighted by Crippen LogP contribution is 2.45. The zero-order valence-electron chi connectivity index (χ0n) is 26.8. The maximum Gasteiger partial charge on any atom is 0.235 e. The third-order valence-electron chi connectivity index (χ3n) is 10.2. The number of aromatic nitrogens is 3. The van der Waals surface area contributed by atoms with Gasteiger partial charge in [-0.15, -0.1) is 0 Å². The van der Waals surface area contributed by atoms with E-state index in [-0.39, 0.29) is 0 Å². The van der Waals surface area contributed by atoms with E-state index in [9.17, 15) is 0 Å². The summed E-state index contributed by atoms with van der Waals surface area (Å²) in [5.41, 5.74) is 8.82. The lowest BCUT2D eigenvalue weighted by Gasteiger charge is -2.13. The van der Waals surface area contributed by atoms with Crippen LogP contribution in [0.15, 0.2) is 168 Å². The van der Waals surface area contributed by atoms with Gasteiger partial charge < -0.3 is 4.42 Å². The van der Waals surface area contributed by atoms with E-state index in [1.807, 2.05) is 12.1 Å². The average molecular weight is 638 g/mol. The molecule has 3 aromatic heterocycles. The Balaban J connectivity index is 1.30. The molecule has 11 aromatic rings. The number of benzene rings is 8. The molecular formula is C46H27N3O. The first-order valence-electron chi connectivity index (χ1n) is 16.9. The lowest BCUT2D eigenvalue weighted by molar-refractivity contribution is 0.670. The summed E-state index contributed by atoms with van der Waals surface area (Å²) in [6.07, 6.45) is 0. The van der Waals surface area contributed by atoms with E-state index in [0.29, 0.717) is 5.95 Å². The molecule has 0 unspecified atom stereocenters. The highest BCUT2D eigenvalue weighted by atomic mass is 16.3. The molecule has 0 aliphatic heterocycles. The van der Waals surface area contributed by atoms with E-state index in [2.05, 4.69) is 156 Å². The second-order valence-electron chi connectivity index (χ2n) is 12.9. The molecule has 0 fully saturated rings. The summed E-state index contributed by atoms with van der Waals surface area (Å²) >= 11 is 0. The molecule has 0 spiro atoms. The average Bonchev–Trinajstić information content (AvgIpc) is 3.74. The molecule has 4 heteroatoms. The van der Waals surface area contributed by atoms with E-state index < -0.39 is 0 Å². The fourth-order valence-corrected chi connectivity index (χ4v) is 8.02. The monoisotopic (exact) mass is 637 g/mol. The molecule has 8 aromatic carbocycles. The maximum atomic E-state index is 6.78. The van der Waals surface area contributed by atoms with Gasteiger partial charge in [-0.1, -0.05) is 146 Å². The van der Waals surface area contributed by atoms with E-state index in [0.717, 1.165) is 71.6 Å². The Morgan fingerprint density at radius 1 is 0.440 bits per heavy atom. The van der Waals surface area contributed by atoms with Gasteiger partial charge in [-0.2, -0.15) is 0 Å². The van der Waals surface area contributed by atoms with Crippen molar-refractivity contribution in [2.45, 2.75) is 0 Å². The first-order valence-corrected chi connectivity index (χ1v) is 16.9. The van der Waals surface area contributed by atoms with Gasteiger partial charge in [0.15, 0.2) is 0 Å². The minimum atomic E-state index is 0.632. The summed E-state index contributed by atoms with van der Waals surface area (Å²) in [5.74, 6) is 0.632. The van der Waals surface area contributed by atoms with E-state index in [1.165, 1.54) is 26.9 Å². The minimum Gasteiger partial charge on any atom is -0.455 e. The Labute approximate surface area is 286 Å². The molecule has 11 rings (SSSR count). The summed E-state index contributed by atoms with van der Waals surface area (Å²) in [6, 6.07) is 57.6. The maximum absolute atomic E-state index is 6.78. The van der Waals surface area contributed by atoms with E-state index in [4.69, 9.17) is 14.4 Å². The highest BCUT2D eigenvalue weighted by molar-refractivity contribution is 6.25. The molecule has 0 bridgehead atoms. The number of nitrogens with zero attached hydrogens (tertiary/aromatic N) is 3. The largest absolute Gasteiger partial charge is 0.455 e. The standard InChI is InChI=1S/C46H27N3O/c1-2-14-30(15-3-1)43-35-18-8-9-23-38(35)47-46(48-43)49-39-26-24-28-12-4-6-16-31(28)41(39)36-21-10-19-33(44(36)49)34-20-11-22-37-42-32-17-7-5-13-29(32)25-27-40(42)50-45(34)37/h1-27H. The Morgan fingerprint density at radius 2 is 1.08 bits per heavy atom. The van der Waals surface area contributed by atoms with Crippen LogP contribution in [0.4, 0.5) is 0 Å². The molecule has 3 heterocycles. The van der Waals surface area contributed by atoms with Crippen LogP contribution in [0.2, 0.25) is 0 Å². The lowest BCUT2D eigenvalue weighted by atomic mass is 9.97. The van der Waals surface area contributed by atoms with Crippen molar-refractivity contribution in [3.8, 4) is 28.3 Å². The second-order valence-corrected chi connectivity index (χ2v) is 12.9. The van der Waals surface area contributed by atoms with Crippen molar-refractivity contribution in [1.29, 1.82) is 0 Å². The molecule has 232 valence electrons. The van der Waals surface area contributed by atoms with Crippen LogP contribution in [0.5, 0.6) is 0 Å². The van der Waals surface area contributed by atoms with Crippen molar-refractivity contribution in [2.24, 2.45) is 0 Å². The van der Waals surface area contributed by atoms with Crippen LogP contribution >= 0.6 is 0 Å². The fourth-order valence-electron chi connectivity index (χ4n) is 8.02. The molecule has 0 aliphatic carbocycles. The molecule has 4 nitrogen and oxygen atoms in total. The smallest absolute Gasteiger partial charge is 0.235 e. The van der Waals surface area contributed by atoms with Gasteiger partial charge in [-0.3, -0.25) is 4.57 Å². The van der Waals surface area contributed by atoms with Crippen molar-refractivity contribution in [1.82, 2.24) is 14.5 Å². The summed E-state index contributed by atoms with van der Waals surface area (Å²) in [4.78, 5) is 10.7. The van der Waals surface area contributed by atoms with Gasteiger partial charge in [0.05, 0.1) is 22.2 Å². The predicted molar refractivity (Wildman–Crippen MR) is 207 cm³/mol. The van der Waals surface area contributed by atoms with Gasteiger partial charge in [-0.05, 0) is 39.7 Å². The first-order chi connectivity index (χ1) is 24.8. The van der Waals surface area contributed by atoms with Gasteiger partial charge >= 0.3 is 0 Å². The molecule has 0 atom stereocenters.